The van der Waals surface area contributed by atoms with Gasteiger partial charge in [-0.15, -0.1) is 0 Å². The number of amides is 1. The lowest BCUT2D eigenvalue weighted by molar-refractivity contribution is -0.138. The SMILES string of the molecule is Cc1ccc(C2(O)CCN(C(=O)C3CCC3)C2)cc1. The van der Waals surface area contributed by atoms with E-state index in [2.05, 4.69) is 0 Å². The van der Waals surface area contributed by atoms with Gasteiger partial charge in [0.25, 0.3) is 0 Å². The van der Waals surface area contributed by atoms with Gasteiger partial charge in [0, 0.05) is 12.5 Å². The molecule has 19 heavy (non-hydrogen) atoms. The number of likely N-dealkylation sites (tertiary alicyclic amines) is 1. The van der Waals surface area contributed by atoms with E-state index in [-0.39, 0.29) is 11.8 Å². The van der Waals surface area contributed by atoms with E-state index < -0.39 is 5.60 Å². The lowest BCUT2D eigenvalue weighted by Crippen LogP contribution is -2.39. The molecule has 0 radical (unpaired) electrons. The number of nitrogens with zero attached hydrogens (tertiary/aromatic N) is 1. The van der Waals surface area contributed by atoms with Crippen molar-refractivity contribution in [2.24, 2.45) is 5.92 Å². The Morgan fingerprint density at radius 2 is 2.00 bits per heavy atom. The van der Waals surface area contributed by atoms with Crippen LogP contribution in [0.25, 0.3) is 0 Å². The molecule has 1 aliphatic heterocycles. The van der Waals surface area contributed by atoms with Gasteiger partial charge in [-0.3, -0.25) is 4.79 Å². The van der Waals surface area contributed by atoms with Crippen LogP contribution in [0.1, 0.15) is 36.8 Å². The lowest BCUT2D eigenvalue weighted by Gasteiger charge is -2.30. The highest BCUT2D eigenvalue weighted by atomic mass is 16.3. The van der Waals surface area contributed by atoms with Gasteiger partial charge in [-0.25, -0.2) is 0 Å². The molecule has 1 aromatic carbocycles. The molecule has 3 rings (SSSR count). The molecule has 1 aromatic rings. The fraction of sp³-hybridized carbons (Fsp3) is 0.562. The van der Waals surface area contributed by atoms with Crippen molar-refractivity contribution in [2.45, 2.75) is 38.2 Å². The lowest BCUT2D eigenvalue weighted by atomic mass is 9.84. The smallest absolute Gasteiger partial charge is 0.225 e. The molecule has 2 aliphatic rings. The van der Waals surface area contributed by atoms with Crippen molar-refractivity contribution in [2.75, 3.05) is 13.1 Å². The first-order valence-corrected chi connectivity index (χ1v) is 7.17. The second-order valence-electron chi connectivity index (χ2n) is 6.04. The number of aliphatic hydroxyl groups is 1. The van der Waals surface area contributed by atoms with Crippen molar-refractivity contribution in [1.29, 1.82) is 0 Å². The summed E-state index contributed by atoms with van der Waals surface area (Å²) in [4.78, 5) is 14.1. The second-order valence-corrected chi connectivity index (χ2v) is 6.04. The normalized spacial score (nSPS) is 27.4. The van der Waals surface area contributed by atoms with Crippen LogP contribution < -0.4 is 0 Å². The van der Waals surface area contributed by atoms with Crippen molar-refractivity contribution in [3.63, 3.8) is 0 Å². The summed E-state index contributed by atoms with van der Waals surface area (Å²) in [5, 5.41) is 10.8. The largest absolute Gasteiger partial charge is 0.383 e. The number of benzene rings is 1. The second kappa shape index (κ2) is 4.64. The fourth-order valence-electron chi connectivity index (χ4n) is 2.99. The number of aryl methyl sites for hydroxylation is 1. The van der Waals surface area contributed by atoms with Crippen LogP contribution in [0.2, 0.25) is 0 Å². The predicted octanol–water partition coefficient (Wildman–Crippen LogP) is 2.22. The van der Waals surface area contributed by atoms with Gasteiger partial charge in [0.1, 0.15) is 5.60 Å². The molecule has 1 amide bonds. The fourth-order valence-corrected chi connectivity index (χ4v) is 2.99. The molecular formula is C16H21NO2. The molecule has 1 unspecified atom stereocenters. The van der Waals surface area contributed by atoms with Crippen LogP contribution in [-0.2, 0) is 10.4 Å². The van der Waals surface area contributed by atoms with Crippen molar-refractivity contribution in [3.05, 3.63) is 35.4 Å². The van der Waals surface area contributed by atoms with E-state index in [9.17, 15) is 9.90 Å². The van der Waals surface area contributed by atoms with Crippen LogP contribution in [0.3, 0.4) is 0 Å². The first kappa shape index (κ1) is 12.7. The zero-order chi connectivity index (χ0) is 13.5. The maximum absolute atomic E-state index is 12.2. The van der Waals surface area contributed by atoms with E-state index in [4.69, 9.17) is 0 Å². The van der Waals surface area contributed by atoms with E-state index >= 15 is 0 Å². The highest BCUT2D eigenvalue weighted by Crippen LogP contribution is 2.35. The van der Waals surface area contributed by atoms with E-state index in [1.54, 1.807) is 0 Å². The summed E-state index contributed by atoms with van der Waals surface area (Å²) in [5.41, 5.74) is 1.27. The van der Waals surface area contributed by atoms with Crippen LogP contribution in [0.5, 0.6) is 0 Å². The maximum Gasteiger partial charge on any atom is 0.225 e. The summed E-state index contributed by atoms with van der Waals surface area (Å²) < 4.78 is 0. The van der Waals surface area contributed by atoms with Gasteiger partial charge in [0.2, 0.25) is 5.91 Å². The molecule has 102 valence electrons. The Labute approximate surface area is 114 Å². The van der Waals surface area contributed by atoms with Gasteiger partial charge >= 0.3 is 0 Å². The number of carbonyl (C=O) groups is 1. The molecule has 2 fully saturated rings. The van der Waals surface area contributed by atoms with Gasteiger partial charge in [-0.1, -0.05) is 36.2 Å². The van der Waals surface area contributed by atoms with Gasteiger partial charge in [-0.2, -0.15) is 0 Å². The highest BCUT2D eigenvalue weighted by Gasteiger charge is 2.41. The molecule has 1 atom stereocenters. The van der Waals surface area contributed by atoms with Crippen molar-refractivity contribution in [3.8, 4) is 0 Å². The van der Waals surface area contributed by atoms with Crippen LogP contribution in [0.4, 0.5) is 0 Å². The van der Waals surface area contributed by atoms with Crippen LogP contribution >= 0.6 is 0 Å². The van der Waals surface area contributed by atoms with Crippen molar-refractivity contribution in [1.82, 2.24) is 4.90 Å². The first-order valence-electron chi connectivity index (χ1n) is 7.17. The minimum Gasteiger partial charge on any atom is -0.383 e. The Bertz CT molecular complexity index is 478. The number of hydrogen-bond donors (Lipinski definition) is 1. The summed E-state index contributed by atoms with van der Waals surface area (Å²) in [6.07, 6.45) is 3.87. The first-order chi connectivity index (χ1) is 9.08. The van der Waals surface area contributed by atoms with Gasteiger partial charge in [0.05, 0.1) is 6.54 Å². The molecule has 1 aliphatic carbocycles. The van der Waals surface area contributed by atoms with E-state index in [1.807, 2.05) is 36.1 Å². The number of rotatable bonds is 2. The zero-order valence-corrected chi connectivity index (χ0v) is 11.4. The summed E-state index contributed by atoms with van der Waals surface area (Å²) in [6, 6.07) is 7.99. The van der Waals surface area contributed by atoms with Crippen LogP contribution in [-0.4, -0.2) is 29.0 Å². The Morgan fingerprint density at radius 3 is 2.58 bits per heavy atom. The molecule has 3 nitrogen and oxygen atoms in total. The minimum atomic E-state index is -0.854. The third kappa shape index (κ3) is 2.27. The van der Waals surface area contributed by atoms with Gasteiger partial charge in [-0.05, 0) is 31.7 Å². The van der Waals surface area contributed by atoms with Crippen molar-refractivity contribution >= 4 is 5.91 Å². The molecule has 0 aromatic heterocycles. The Hall–Kier alpha value is -1.35. The van der Waals surface area contributed by atoms with Crippen molar-refractivity contribution < 1.29 is 9.90 Å². The zero-order valence-electron chi connectivity index (χ0n) is 11.4. The molecule has 1 N–H and O–H groups in total. The summed E-state index contributed by atoms with van der Waals surface area (Å²) in [5.74, 6) is 0.467. The summed E-state index contributed by atoms with van der Waals surface area (Å²) in [7, 11) is 0. The Morgan fingerprint density at radius 1 is 1.32 bits per heavy atom. The predicted molar refractivity (Wildman–Crippen MR) is 73.6 cm³/mol. The van der Waals surface area contributed by atoms with E-state index in [0.717, 1.165) is 18.4 Å². The van der Waals surface area contributed by atoms with E-state index in [1.165, 1.54) is 12.0 Å². The molecule has 1 saturated heterocycles. The molecule has 0 spiro atoms. The third-order valence-electron chi connectivity index (χ3n) is 4.60. The number of β-amino-alcohol motifs (C(OH)–C–C–N with tert-alkyl or cyclic N) is 1. The number of hydrogen-bond acceptors (Lipinski definition) is 2. The maximum atomic E-state index is 12.2. The molecule has 1 saturated carbocycles. The van der Waals surface area contributed by atoms with Crippen LogP contribution in [0.15, 0.2) is 24.3 Å². The average Bonchev–Trinajstić information content (AvgIpc) is 2.72. The Kier molecular flexibility index (Phi) is 3.09. The quantitative estimate of drug-likeness (QED) is 0.884. The highest BCUT2D eigenvalue weighted by molar-refractivity contribution is 5.80. The molecule has 3 heteroatoms. The molecule has 0 bridgehead atoms. The van der Waals surface area contributed by atoms with Crippen LogP contribution in [0, 0.1) is 12.8 Å². The Balaban J connectivity index is 1.72. The average molecular weight is 259 g/mol. The molecule has 1 heterocycles. The third-order valence-corrected chi connectivity index (χ3v) is 4.60. The topological polar surface area (TPSA) is 40.5 Å². The van der Waals surface area contributed by atoms with Gasteiger partial charge < -0.3 is 10.0 Å². The molecular weight excluding hydrogens is 238 g/mol. The van der Waals surface area contributed by atoms with Gasteiger partial charge in [0.15, 0.2) is 0 Å². The summed E-state index contributed by atoms with van der Waals surface area (Å²) >= 11 is 0. The standard InChI is InChI=1S/C16H21NO2/c1-12-5-7-14(8-6-12)16(19)9-10-17(11-16)15(18)13-3-2-4-13/h5-8,13,19H,2-4,9-11H2,1H3. The minimum absolute atomic E-state index is 0.223. The monoisotopic (exact) mass is 259 g/mol. The summed E-state index contributed by atoms with van der Waals surface area (Å²) in [6.45, 7) is 3.17. The number of carbonyl (C=O) groups excluding carboxylic acids is 1. The van der Waals surface area contributed by atoms with E-state index in [0.29, 0.717) is 19.5 Å².